The van der Waals surface area contributed by atoms with Crippen LogP contribution in [-0.4, -0.2) is 36.5 Å². The number of anilines is 1. The molecule has 0 unspecified atom stereocenters. The lowest BCUT2D eigenvalue weighted by atomic mass is 9.99. The fourth-order valence-electron chi connectivity index (χ4n) is 4.44. The average Bonchev–Trinajstić information content (AvgIpc) is 3.22. The molecule has 0 aliphatic carbocycles. The lowest BCUT2D eigenvalue weighted by Crippen LogP contribution is -2.39. The Morgan fingerprint density at radius 3 is 2.63 bits per heavy atom. The number of fused-ring (bicyclic) bond motifs is 3. The number of nitrogens with zero attached hydrogens (tertiary/aromatic N) is 1. The number of halogens is 1. The van der Waals surface area contributed by atoms with Crippen LogP contribution in [0.4, 0.5) is 5.00 Å². The lowest BCUT2D eigenvalue weighted by Gasteiger charge is -2.31. The third-order valence-corrected chi connectivity index (χ3v) is 7.80. The number of nitrogens with one attached hydrogen (secondary N) is 2. The van der Waals surface area contributed by atoms with Gasteiger partial charge in [0.2, 0.25) is 0 Å². The first-order valence-electron chi connectivity index (χ1n) is 11.5. The monoisotopic (exact) mass is 511 g/mol. The first-order chi connectivity index (χ1) is 16.8. The van der Waals surface area contributed by atoms with E-state index in [2.05, 4.69) is 29.4 Å². The number of hydrogen-bond acceptors (Lipinski definition) is 7. The number of carbonyl (C=O) groups excluding carboxylic acids is 2. The van der Waals surface area contributed by atoms with Crippen LogP contribution in [0.1, 0.15) is 56.7 Å². The Kier molecular flexibility index (Phi) is 6.44. The Bertz CT molecular complexity index is 1290. The summed E-state index contributed by atoms with van der Waals surface area (Å²) in [5.74, 6) is 0.0987. The van der Waals surface area contributed by atoms with E-state index < -0.39 is 12.1 Å². The van der Waals surface area contributed by atoms with Crippen molar-refractivity contribution in [2.75, 3.05) is 19.0 Å². The summed E-state index contributed by atoms with van der Waals surface area (Å²) >= 11 is 7.55. The fraction of sp³-hybridized carbons (Fsp3) is 0.308. The van der Waals surface area contributed by atoms with E-state index in [-0.39, 0.29) is 5.91 Å². The fourth-order valence-corrected chi connectivity index (χ4v) is 5.86. The topological polar surface area (TPSA) is 79.9 Å². The van der Waals surface area contributed by atoms with Crippen molar-refractivity contribution in [3.8, 4) is 11.5 Å². The molecule has 0 saturated heterocycles. The Hall–Kier alpha value is -3.07. The van der Waals surface area contributed by atoms with Gasteiger partial charge >= 0.3 is 5.97 Å². The smallest absolute Gasteiger partial charge is 0.343 e. The van der Waals surface area contributed by atoms with Gasteiger partial charge in [-0.2, -0.15) is 0 Å². The van der Waals surface area contributed by atoms with Crippen LogP contribution in [0.5, 0.6) is 11.5 Å². The van der Waals surface area contributed by atoms with Crippen LogP contribution in [0.3, 0.4) is 0 Å². The van der Waals surface area contributed by atoms with Gasteiger partial charge in [0.15, 0.2) is 11.5 Å². The van der Waals surface area contributed by atoms with E-state index in [0.717, 1.165) is 41.2 Å². The first kappa shape index (κ1) is 23.7. The zero-order valence-electron chi connectivity index (χ0n) is 19.7. The highest BCUT2D eigenvalue weighted by Gasteiger charge is 2.34. The number of carbonyl (C=O) groups is 2. The number of rotatable bonds is 5. The van der Waals surface area contributed by atoms with Crippen molar-refractivity contribution < 1.29 is 19.1 Å². The van der Waals surface area contributed by atoms with Crippen molar-refractivity contribution in [2.24, 2.45) is 0 Å². The summed E-state index contributed by atoms with van der Waals surface area (Å²) in [6.07, 6.45) is 0.451. The molecule has 0 fully saturated rings. The molecule has 182 valence electrons. The summed E-state index contributed by atoms with van der Waals surface area (Å²) in [4.78, 5) is 29.3. The van der Waals surface area contributed by atoms with Crippen molar-refractivity contribution in [2.45, 2.75) is 39.0 Å². The van der Waals surface area contributed by atoms with Crippen molar-refractivity contribution in [1.82, 2.24) is 10.2 Å². The number of hydrogen-bond donors (Lipinski definition) is 2. The summed E-state index contributed by atoms with van der Waals surface area (Å²) in [5.41, 5.74) is 3.10. The lowest BCUT2D eigenvalue weighted by molar-refractivity contribution is 0.0729. The Morgan fingerprint density at radius 1 is 1.14 bits per heavy atom. The van der Waals surface area contributed by atoms with Crippen LogP contribution in [0, 0.1) is 0 Å². The highest BCUT2D eigenvalue weighted by atomic mass is 35.5. The predicted octanol–water partition coefficient (Wildman–Crippen LogP) is 5.25. The van der Waals surface area contributed by atoms with Crippen molar-refractivity contribution >= 4 is 39.8 Å². The minimum atomic E-state index is -0.513. The number of amides is 1. The zero-order chi connectivity index (χ0) is 24.7. The number of esters is 1. The van der Waals surface area contributed by atoms with Gasteiger partial charge in [0.1, 0.15) is 11.2 Å². The molecule has 1 atom stereocenters. The van der Waals surface area contributed by atoms with Crippen LogP contribution in [0.25, 0.3) is 0 Å². The Morgan fingerprint density at radius 2 is 1.91 bits per heavy atom. The first-order valence-corrected chi connectivity index (χ1v) is 12.6. The highest BCUT2D eigenvalue weighted by molar-refractivity contribution is 7.16. The van der Waals surface area contributed by atoms with Crippen molar-refractivity contribution in [3.05, 3.63) is 74.6 Å². The molecule has 1 aromatic heterocycles. The molecule has 0 saturated carbocycles. The maximum atomic E-state index is 13.1. The Balaban J connectivity index is 1.36. The molecule has 1 amide bonds. The zero-order valence-corrected chi connectivity index (χ0v) is 21.3. The summed E-state index contributed by atoms with van der Waals surface area (Å²) in [5, 5.41) is 7.98. The molecule has 5 rings (SSSR count). The van der Waals surface area contributed by atoms with Crippen LogP contribution >= 0.6 is 22.9 Å². The molecule has 7 nitrogen and oxygen atoms in total. The molecule has 2 aromatic carbocycles. The van der Waals surface area contributed by atoms with E-state index in [1.54, 1.807) is 47.7 Å². The Labute approximate surface area is 213 Å². The van der Waals surface area contributed by atoms with Gasteiger partial charge in [-0.25, -0.2) is 4.79 Å². The maximum Gasteiger partial charge on any atom is 0.343 e. The number of thiophene rings is 1. The van der Waals surface area contributed by atoms with Gasteiger partial charge in [0, 0.05) is 29.0 Å². The minimum absolute atomic E-state index is 0.0727. The molecular weight excluding hydrogens is 486 g/mol. The normalized spacial score (nSPS) is 17.3. The summed E-state index contributed by atoms with van der Waals surface area (Å²) in [6, 6.07) is 12.2. The van der Waals surface area contributed by atoms with Crippen LogP contribution < -0.4 is 20.1 Å². The van der Waals surface area contributed by atoms with E-state index in [1.165, 1.54) is 12.0 Å². The molecule has 0 radical (unpaired) electrons. The van der Waals surface area contributed by atoms with Crippen LogP contribution in [0.15, 0.2) is 42.5 Å². The molecule has 2 aliphatic rings. The van der Waals surface area contributed by atoms with Gasteiger partial charge in [-0.05, 0) is 67.8 Å². The number of methoxy groups -OCH3 is 1. The molecule has 9 heteroatoms. The number of benzene rings is 2. The third-order valence-electron chi connectivity index (χ3n) is 6.40. The van der Waals surface area contributed by atoms with E-state index in [9.17, 15) is 9.59 Å². The standard InChI is InChI=1S/C26H26ClN3O4S/c1-14(2)30-11-10-18-21(13-30)35-25-22(18)24(31)28-23(29-25)16-6-9-19(20(12-16)33-3)34-26(32)15-4-7-17(27)8-5-15/h4-9,12,14,23,29H,10-11,13H2,1-3H3,(H,28,31)/t23-/m1/s1. The molecule has 2 aliphatic heterocycles. The second-order valence-electron chi connectivity index (χ2n) is 8.88. The van der Waals surface area contributed by atoms with Gasteiger partial charge in [0.05, 0.1) is 18.2 Å². The van der Waals surface area contributed by atoms with Gasteiger partial charge in [-0.3, -0.25) is 9.69 Å². The van der Waals surface area contributed by atoms with Gasteiger partial charge in [-0.1, -0.05) is 17.7 Å². The molecule has 2 N–H and O–H groups in total. The molecule has 3 aromatic rings. The van der Waals surface area contributed by atoms with Gasteiger partial charge in [-0.15, -0.1) is 11.3 Å². The highest BCUT2D eigenvalue weighted by Crippen LogP contribution is 2.42. The largest absolute Gasteiger partial charge is 0.493 e. The quantitative estimate of drug-likeness (QED) is 0.360. The maximum absolute atomic E-state index is 13.1. The molecule has 0 bridgehead atoms. The van der Waals surface area contributed by atoms with Crippen molar-refractivity contribution in [1.29, 1.82) is 0 Å². The number of ether oxygens (including phenoxy) is 2. The summed E-state index contributed by atoms with van der Waals surface area (Å²) in [7, 11) is 1.51. The summed E-state index contributed by atoms with van der Waals surface area (Å²) < 4.78 is 11.0. The molecule has 35 heavy (non-hydrogen) atoms. The SMILES string of the molecule is COc1cc([C@@H]2NC(=O)c3c(sc4c3CCN(C(C)C)C4)N2)ccc1OC(=O)c1ccc(Cl)cc1. The van der Waals surface area contributed by atoms with Crippen LogP contribution in [0.2, 0.25) is 5.02 Å². The van der Waals surface area contributed by atoms with E-state index in [0.29, 0.717) is 28.1 Å². The minimum Gasteiger partial charge on any atom is -0.493 e. The van der Waals surface area contributed by atoms with Crippen molar-refractivity contribution in [3.63, 3.8) is 0 Å². The predicted molar refractivity (Wildman–Crippen MR) is 137 cm³/mol. The second kappa shape index (κ2) is 9.53. The molecular formula is C26H26ClN3O4S. The van der Waals surface area contributed by atoms with Gasteiger partial charge in [0.25, 0.3) is 5.91 Å². The van der Waals surface area contributed by atoms with E-state index in [1.807, 2.05) is 6.07 Å². The molecule has 3 heterocycles. The van der Waals surface area contributed by atoms with Crippen LogP contribution in [-0.2, 0) is 13.0 Å². The summed E-state index contributed by atoms with van der Waals surface area (Å²) in [6.45, 7) is 6.22. The average molecular weight is 512 g/mol. The second-order valence-corrected chi connectivity index (χ2v) is 10.4. The van der Waals surface area contributed by atoms with E-state index >= 15 is 0 Å². The van der Waals surface area contributed by atoms with E-state index in [4.69, 9.17) is 21.1 Å². The third kappa shape index (κ3) is 4.61. The van der Waals surface area contributed by atoms with Gasteiger partial charge < -0.3 is 20.1 Å². The molecule has 0 spiro atoms.